The second kappa shape index (κ2) is 14.1. The number of thioether (sulfide) groups is 1. The molecule has 0 amide bonds. The van der Waals surface area contributed by atoms with E-state index in [2.05, 4.69) is 57.1 Å². The molecule has 0 radical (unpaired) electrons. The normalized spacial score (nSPS) is 10.4. The molecule has 0 spiro atoms. The standard InChI is InChI=1S/2C11H12N2S.C10H10N2S/c1-13-10(8-12-11(13)14-2)9-6-4-3-5-7-9;1-12-8-10(13(2)11(12)14)9-6-4-3-5-7-9;1-12-9(7-11-10(12)13)8-5-3-2-4-6-8/h2*3-8H,1-2H3;2-7H,1H3,(H,11,13). The summed E-state index contributed by atoms with van der Waals surface area (Å²) in [5, 5.41) is 1.05. The molecule has 0 atom stereocenters. The first-order valence-electron chi connectivity index (χ1n) is 13.0. The number of aromatic amines is 1. The van der Waals surface area contributed by atoms with Crippen LogP contribution >= 0.6 is 36.2 Å². The average molecular weight is 599 g/mol. The predicted molar refractivity (Wildman–Crippen MR) is 177 cm³/mol. The second-order valence-corrected chi connectivity index (χ2v) is 10.8. The molecule has 0 saturated heterocycles. The Labute approximate surface area is 256 Å². The summed E-state index contributed by atoms with van der Waals surface area (Å²) in [5.74, 6) is 0. The van der Waals surface area contributed by atoms with Crippen molar-refractivity contribution in [3.05, 3.63) is 119 Å². The number of aromatic nitrogens is 6. The Bertz CT molecular complexity index is 1790. The van der Waals surface area contributed by atoms with Crippen molar-refractivity contribution >= 4 is 36.2 Å². The van der Waals surface area contributed by atoms with Crippen LogP contribution in [-0.4, -0.2) is 34.5 Å². The van der Waals surface area contributed by atoms with Crippen molar-refractivity contribution in [2.24, 2.45) is 28.2 Å². The van der Waals surface area contributed by atoms with E-state index in [1.54, 1.807) is 11.8 Å². The molecule has 6 nitrogen and oxygen atoms in total. The van der Waals surface area contributed by atoms with Crippen molar-refractivity contribution in [2.75, 3.05) is 6.26 Å². The fourth-order valence-corrected chi connectivity index (χ4v) is 5.16. The fraction of sp³-hybridized carbons (Fsp3) is 0.156. The molecule has 9 heteroatoms. The molecular formula is C32H34N6S3. The molecule has 0 aliphatic rings. The molecule has 6 aromatic rings. The van der Waals surface area contributed by atoms with Gasteiger partial charge in [-0.15, -0.1) is 0 Å². The highest BCUT2D eigenvalue weighted by Crippen LogP contribution is 2.23. The second-order valence-electron chi connectivity index (χ2n) is 9.29. The van der Waals surface area contributed by atoms with Gasteiger partial charge in [-0.1, -0.05) is 103 Å². The lowest BCUT2D eigenvalue weighted by Gasteiger charge is -2.03. The molecule has 3 aromatic carbocycles. The number of rotatable bonds is 4. The summed E-state index contributed by atoms with van der Waals surface area (Å²) < 4.78 is 9.63. The monoisotopic (exact) mass is 598 g/mol. The number of aryl methyl sites for hydroxylation is 1. The van der Waals surface area contributed by atoms with Gasteiger partial charge in [-0.25, -0.2) is 4.98 Å². The Balaban J connectivity index is 0.000000142. The lowest BCUT2D eigenvalue weighted by Crippen LogP contribution is -1.92. The molecule has 0 bridgehead atoms. The van der Waals surface area contributed by atoms with Crippen molar-refractivity contribution in [2.45, 2.75) is 5.16 Å². The highest BCUT2D eigenvalue weighted by Gasteiger charge is 2.06. The lowest BCUT2D eigenvalue weighted by molar-refractivity contribution is 0.798. The van der Waals surface area contributed by atoms with Crippen LogP contribution in [0.3, 0.4) is 0 Å². The first kappa shape index (κ1) is 30.0. The Morgan fingerprint density at radius 3 is 1.51 bits per heavy atom. The summed E-state index contributed by atoms with van der Waals surface area (Å²) in [6.07, 6.45) is 7.94. The van der Waals surface area contributed by atoms with Crippen molar-refractivity contribution in [1.29, 1.82) is 0 Å². The van der Waals surface area contributed by atoms with Gasteiger partial charge in [-0.05, 0) is 47.4 Å². The summed E-state index contributed by atoms with van der Waals surface area (Å²) >= 11 is 12.0. The predicted octanol–water partition coefficient (Wildman–Crippen LogP) is 8.32. The van der Waals surface area contributed by atoms with E-state index in [0.717, 1.165) is 31.8 Å². The zero-order valence-electron chi connectivity index (χ0n) is 23.9. The Hall–Kier alpha value is -3.92. The number of hydrogen-bond donors (Lipinski definition) is 1. The third-order valence-corrected chi connectivity index (χ3v) is 8.30. The minimum Gasteiger partial charge on any atom is -0.337 e. The quantitative estimate of drug-likeness (QED) is 0.164. The first-order chi connectivity index (χ1) is 19.8. The number of imidazole rings is 3. The Kier molecular flexibility index (Phi) is 10.3. The molecule has 210 valence electrons. The number of nitrogens with one attached hydrogen (secondary N) is 1. The van der Waals surface area contributed by atoms with Gasteiger partial charge in [0, 0.05) is 40.6 Å². The SMILES string of the molecule is CSc1ncc(-c2ccccc2)n1C.Cn1c(-c2ccccc2)c[nH]c1=S.Cn1cc(-c2ccccc2)n(C)c1=S. The van der Waals surface area contributed by atoms with Crippen molar-refractivity contribution < 1.29 is 0 Å². The van der Waals surface area contributed by atoms with E-state index in [1.165, 1.54) is 16.7 Å². The molecular weight excluding hydrogens is 565 g/mol. The van der Waals surface area contributed by atoms with Crippen molar-refractivity contribution in [1.82, 2.24) is 28.2 Å². The zero-order chi connectivity index (χ0) is 29.4. The van der Waals surface area contributed by atoms with Gasteiger partial charge in [0.1, 0.15) is 0 Å². The van der Waals surface area contributed by atoms with Crippen LogP contribution in [0.4, 0.5) is 0 Å². The molecule has 1 N–H and O–H groups in total. The van der Waals surface area contributed by atoms with Gasteiger partial charge in [0.05, 0.1) is 23.3 Å². The highest BCUT2D eigenvalue weighted by atomic mass is 32.2. The van der Waals surface area contributed by atoms with Crippen LogP contribution in [0.1, 0.15) is 0 Å². The van der Waals surface area contributed by atoms with Gasteiger partial charge in [-0.3, -0.25) is 0 Å². The molecule has 0 unspecified atom stereocenters. The van der Waals surface area contributed by atoms with Crippen molar-refractivity contribution in [3.8, 4) is 33.8 Å². The third kappa shape index (κ3) is 7.24. The number of hydrogen-bond acceptors (Lipinski definition) is 4. The minimum atomic E-state index is 0.749. The molecule has 0 saturated carbocycles. The Morgan fingerprint density at radius 2 is 1.12 bits per heavy atom. The third-order valence-electron chi connectivity index (χ3n) is 6.60. The van der Waals surface area contributed by atoms with E-state index in [1.807, 2.05) is 115 Å². The molecule has 0 aliphatic heterocycles. The van der Waals surface area contributed by atoms with E-state index in [0.29, 0.717) is 0 Å². The molecule has 0 aliphatic carbocycles. The van der Waals surface area contributed by atoms with Gasteiger partial charge in [0.25, 0.3) is 0 Å². The maximum absolute atomic E-state index is 5.24. The summed E-state index contributed by atoms with van der Waals surface area (Å²) in [5.41, 5.74) is 7.01. The maximum Gasteiger partial charge on any atom is 0.179 e. The minimum absolute atomic E-state index is 0.749. The topological polar surface area (TPSA) is 48.4 Å². The van der Waals surface area contributed by atoms with Gasteiger partial charge >= 0.3 is 0 Å². The Morgan fingerprint density at radius 1 is 0.634 bits per heavy atom. The largest absolute Gasteiger partial charge is 0.337 e. The molecule has 0 fully saturated rings. The van der Waals surface area contributed by atoms with Crippen LogP contribution in [0.5, 0.6) is 0 Å². The number of benzene rings is 3. The molecule has 41 heavy (non-hydrogen) atoms. The highest BCUT2D eigenvalue weighted by molar-refractivity contribution is 7.98. The van der Waals surface area contributed by atoms with Crippen LogP contribution in [0.15, 0.2) is 115 Å². The summed E-state index contributed by atoms with van der Waals surface area (Å²) in [6, 6.07) is 30.7. The van der Waals surface area contributed by atoms with E-state index in [4.69, 9.17) is 24.4 Å². The van der Waals surface area contributed by atoms with E-state index >= 15 is 0 Å². The number of H-pyrrole nitrogens is 1. The van der Waals surface area contributed by atoms with Crippen molar-refractivity contribution in [3.63, 3.8) is 0 Å². The summed E-state index contributed by atoms with van der Waals surface area (Å²) in [4.78, 5) is 7.35. The molecule has 3 aromatic heterocycles. The maximum atomic E-state index is 5.24. The molecule has 3 heterocycles. The lowest BCUT2D eigenvalue weighted by atomic mass is 10.2. The fourth-order valence-electron chi connectivity index (χ4n) is 4.32. The summed E-state index contributed by atoms with van der Waals surface area (Å²) in [7, 11) is 7.96. The van der Waals surface area contributed by atoms with Gasteiger partial charge in [0.15, 0.2) is 14.7 Å². The van der Waals surface area contributed by atoms with Crippen LogP contribution < -0.4 is 0 Å². The summed E-state index contributed by atoms with van der Waals surface area (Å²) in [6.45, 7) is 0. The van der Waals surface area contributed by atoms with Gasteiger partial charge in [-0.2, -0.15) is 0 Å². The van der Waals surface area contributed by atoms with Crippen LogP contribution in [0, 0.1) is 9.54 Å². The molecule has 6 rings (SSSR count). The zero-order valence-corrected chi connectivity index (χ0v) is 26.3. The van der Waals surface area contributed by atoms with Crippen LogP contribution in [0.25, 0.3) is 33.8 Å². The van der Waals surface area contributed by atoms with E-state index < -0.39 is 0 Å². The van der Waals surface area contributed by atoms with Crippen LogP contribution in [-0.2, 0) is 28.2 Å². The van der Waals surface area contributed by atoms with E-state index in [9.17, 15) is 0 Å². The average Bonchev–Trinajstić information content (AvgIpc) is 3.65. The van der Waals surface area contributed by atoms with Crippen LogP contribution in [0.2, 0.25) is 0 Å². The van der Waals surface area contributed by atoms with Gasteiger partial charge in [0.2, 0.25) is 0 Å². The smallest absolute Gasteiger partial charge is 0.179 e. The van der Waals surface area contributed by atoms with Gasteiger partial charge < -0.3 is 23.3 Å². The van der Waals surface area contributed by atoms with E-state index in [-0.39, 0.29) is 0 Å². The number of nitrogens with zero attached hydrogens (tertiary/aromatic N) is 5. The first-order valence-corrected chi connectivity index (χ1v) is 15.0.